The number of halogens is 1. The van der Waals surface area contributed by atoms with Gasteiger partial charge in [-0.25, -0.2) is 0 Å². The Morgan fingerprint density at radius 1 is 1.50 bits per heavy atom. The Hall–Kier alpha value is -1.46. The van der Waals surface area contributed by atoms with E-state index < -0.39 is 0 Å². The zero-order valence-electron chi connectivity index (χ0n) is 10.3. The van der Waals surface area contributed by atoms with Gasteiger partial charge in [-0.05, 0) is 24.6 Å². The summed E-state index contributed by atoms with van der Waals surface area (Å²) >= 11 is 5.00. The van der Waals surface area contributed by atoms with Crippen LogP contribution in [0.5, 0.6) is 5.75 Å². The van der Waals surface area contributed by atoms with E-state index in [0.29, 0.717) is 18.5 Å². The van der Waals surface area contributed by atoms with Crippen molar-refractivity contribution in [1.82, 2.24) is 5.32 Å². The van der Waals surface area contributed by atoms with Gasteiger partial charge in [-0.2, -0.15) is 0 Å². The van der Waals surface area contributed by atoms with Crippen LogP contribution >= 0.6 is 11.6 Å². The van der Waals surface area contributed by atoms with Crippen LogP contribution in [0.2, 0.25) is 0 Å². The third-order valence-electron chi connectivity index (χ3n) is 1.91. The minimum Gasteiger partial charge on any atom is -0.506 e. The Kier molecular flexibility index (Phi) is 8.78. The van der Waals surface area contributed by atoms with Gasteiger partial charge < -0.3 is 21.3 Å². The lowest BCUT2D eigenvalue weighted by Gasteiger charge is -2.05. The minimum atomic E-state index is -0.293. The number of phenolic OH excluding ortho intramolecular Hbond substituents is 1. The molecule has 1 aromatic rings. The molecule has 0 aliphatic carbocycles. The molecule has 0 spiro atoms. The Morgan fingerprint density at radius 3 is 2.61 bits per heavy atom. The standard InChI is InChI=1S/C10H14N2O3.C2H5Cl/c11-8-3-2-7(6-9(8)14)10(15)12-4-1-5-13;1-2-3/h2-3,6,13-14H,1,4-5,11H2,(H,12,15);2H2,1H3. The molecule has 0 aliphatic rings. The first kappa shape index (κ1) is 16.5. The van der Waals surface area contributed by atoms with Crippen LogP contribution in [-0.2, 0) is 0 Å². The lowest BCUT2D eigenvalue weighted by atomic mass is 10.2. The predicted molar refractivity (Wildman–Crippen MR) is 72.9 cm³/mol. The van der Waals surface area contributed by atoms with Gasteiger partial charge in [0.2, 0.25) is 0 Å². The van der Waals surface area contributed by atoms with Gasteiger partial charge in [0.1, 0.15) is 5.75 Å². The molecule has 0 radical (unpaired) electrons. The van der Waals surface area contributed by atoms with Gasteiger partial charge in [-0.15, -0.1) is 11.6 Å². The number of hydrogen-bond donors (Lipinski definition) is 4. The summed E-state index contributed by atoms with van der Waals surface area (Å²) < 4.78 is 0. The van der Waals surface area contributed by atoms with Gasteiger partial charge in [0.25, 0.3) is 5.91 Å². The quantitative estimate of drug-likeness (QED) is 0.288. The largest absolute Gasteiger partial charge is 0.506 e. The second-order valence-corrected chi connectivity index (χ2v) is 3.91. The molecular formula is C12H19ClN2O3. The number of anilines is 1. The van der Waals surface area contributed by atoms with Gasteiger partial charge in [0.05, 0.1) is 5.69 Å². The van der Waals surface area contributed by atoms with Crippen molar-refractivity contribution in [3.8, 4) is 5.75 Å². The van der Waals surface area contributed by atoms with Crippen LogP contribution in [0.25, 0.3) is 0 Å². The summed E-state index contributed by atoms with van der Waals surface area (Å²) in [5.74, 6) is 0.323. The molecule has 0 aliphatic heterocycles. The lowest BCUT2D eigenvalue weighted by molar-refractivity contribution is 0.0951. The van der Waals surface area contributed by atoms with Crippen molar-refractivity contribution in [3.63, 3.8) is 0 Å². The summed E-state index contributed by atoms with van der Waals surface area (Å²) in [7, 11) is 0. The monoisotopic (exact) mass is 274 g/mol. The molecule has 5 nitrogen and oxygen atoms in total. The number of hydrogen-bond acceptors (Lipinski definition) is 4. The Bertz CT molecular complexity index is 372. The molecule has 0 heterocycles. The lowest BCUT2D eigenvalue weighted by Crippen LogP contribution is -2.24. The molecule has 5 N–H and O–H groups in total. The molecule has 0 fully saturated rings. The molecule has 0 unspecified atom stereocenters. The number of amides is 1. The van der Waals surface area contributed by atoms with Crippen LogP contribution in [0.1, 0.15) is 23.7 Å². The molecule has 1 amide bonds. The SMILES string of the molecule is CCCl.Nc1ccc(C(=O)NCCCO)cc1O. The number of alkyl halides is 1. The number of carbonyl (C=O) groups is 1. The van der Waals surface area contributed by atoms with E-state index in [1.54, 1.807) is 0 Å². The van der Waals surface area contributed by atoms with E-state index in [-0.39, 0.29) is 24.0 Å². The summed E-state index contributed by atoms with van der Waals surface area (Å²) in [6.45, 7) is 2.33. The highest BCUT2D eigenvalue weighted by Gasteiger charge is 2.06. The average molecular weight is 275 g/mol. The van der Waals surface area contributed by atoms with E-state index in [4.69, 9.17) is 22.4 Å². The second-order valence-electron chi connectivity index (χ2n) is 3.37. The van der Waals surface area contributed by atoms with Crippen LogP contribution in [0.4, 0.5) is 5.69 Å². The van der Waals surface area contributed by atoms with Crippen molar-refractivity contribution in [3.05, 3.63) is 23.8 Å². The molecule has 6 heteroatoms. The van der Waals surface area contributed by atoms with Gasteiger partial charge in [-0.1, -0.05) is 6.92 Å². The maximum Gasteiger partial charge on any atom is 0.251 e. The molecule has 18 heavy (non-hydrogen) atoms. The molecule has 0 bridgehead atoms. The third kappa shape index (κ3) is 6.32. The zero-order chi connectivity index (χ0) is 14.0. The number of aliphatic hydroxyl groups excluding tert-OH is 1. The number of carbonyl (C=O) groups excluding carboxylic acids is 1. The fourth-order valence-electron chi connectivity index (χ4n) is 1.07. The summed E-state index contributed by atoms with van der Waals surface area (Å²) in [6, 6.07) is 4.31. The van der Waals surface area contributed by atoms with Crippen LogP contribution in [-0.4, -0.2) is 35.2 Å². The molecule has 0 saturated carbocycles. The van der Waals surface area contributed by atoms with Crippen molar-refractivity contribution in [2.75, 3.05) is 24.8 Å². The number of aromatic hydroxyl groups is 1. The maximum atomic E-state index is 11.4. The summed E-state index contributed by atoms with van der Waals surface area (Å²) in [4.78, 5) is 11.4. The number of benzene rings is 1. The first-order valence-corrected chi connectivity index (χ1v) is 6.13. The van der Waals surface area contributed by atoms with E-state index in [9.17, 15) is 9.90 Å². The highest BCUT2D eigenvalue weighted by molar-refractivity contribution is 6.17. The highest BCUT2D eigenvalue weighted by atomic mass is 35.5. The molecule has 0 aromatic heterocycles. The van der Waals surface area contributed by atoms with E-state index in [1.807, 2.05) is 6.92 Å². The molecule has 102 valence electrons. The average Bonchev–Trinajstić information content (AvgIpc) is 2.34. The molecule has 0 atom stereocenters. The molecule has 1 rings (SSSR count). The van der Waals surface area contributed by atoms with Crippen LogP contribution in [0.15, 0.2) is 18.2 Å². The number of nitrogens with two attached hydrogens (primary N) is 1. The zero-order valence-corrected chi connectivity index (χ0v) is 11.1. The first-order chi connectivity index (χ1) is 8.56. The Balaban J connectivity index is 0.000000873. The smallest absolute Gasteiger partial charge is 0.251 e. The van der Waals surface area contributed by atoms with E-state index in [1.165, 1.54) is 18.2 Å². The van der Waals surface area contributed by atoms with Crippen LogP contribution in [0, 0.1) is 0 Å². The Morgan fingerprint density at radius 2 is 2.11 bits per heavy atom. The van der Waals surface area contributed by atoms with Crippen molar-refractivity contribution < 1.29 is 15.0 Å². The fraction of sp³-hybridized carbons (Fsp3) is 0.417. The van der Waals surface area contributed by atoms with Crippen LogP contribution in [0.3, 0.4) is 0 Å². The number of nitrogen functional groups attached to an aromatic ring is 1. The van der Waals surface area contributed by atoms with E-state index >= 15 is 0 Å². The number of aliphatic hydroxyl groups is 1. The maximum absolute atomic E-state index is 11.4. The fourth-order valence-corrected chi connectivity index (χ4v) is 1.07. The van der Waals surface area contributed by atoms with Gasteiger partial charge >= 0.3 is 0 Å². The van der Waals surface area contributed by atoms with E-state index in [0.717, 1.165) is 5.88 Å². The summed E-state index contributed by atoms with van der Waals surface area (Å²) in [5.41, 5.74) is 5.98. The molecular weight excluding hydrogens is 256 g/mol. The van der Waals surface area contributed by atoms with Crippen LogP contribution < -0.4 is 11.1 Å². The normalized spacial score (nSPS) is 9.28. The second kappa shape index (κ2) is 9.56. The number of phenols is 1. The number of rotatable bonds is 4. The summed E-state index contributed by atoms with van der Waals surface area (Å²) in [5, 5.41) is 20.4. The van der Waals surface area contributed by atoms with Crippen molar-refractivity contribution >= 4 is 23.2 Å². The topological polar surface area (TPSA) is 95.6 Å². The van der Waals surface area contributed by atoms with Gasteiger partial charge in [-0.3, -0.25) is 4.79 Å². The predicted octanol–water partition coefficient (Wildman–Crippen LogP) is 1.33. The van der Waals surface area contributed by atoms with Gasteiger partial charge in [0.15, 0.2) is 0 Å². The van der Waals surface area contributed by atoms with Crippen molar-refractivity contribution in [2.24, 2.45) is 0 Å². The molecule has 1 aromatic carbocycles. The first-order valence-electron chi connectivity index (χ1n) is 5.60. The number of nitrogens with one attached hydrogen (secondary N) is 1. The van der Waals surface area contributed by atoms with Gasteiger partial charge in [0, 0.05) is 24.6 Å². The minimum absolute atomic E-state index is 0.0350. The molecule has 0 saturated heterocycles. The van der Waals surface area contributed by atoms with Crippen molar-refractivity contribution in [1.29, 1.82) is 0 Å². The third-order valence-corrected chi connectivity index (χ3v) is 1.91. The Labute approximate surface area is 112 Å². The van der Waals surface area contributed by atoms with E-state index in [2.05, 4.69) is 5.32 Å². The highest BCUT2D eigenvalue weighted by Crippen LogP contribution is 2.20. The summed E-state index contributed by atoms with van der Waals surface area (Å²) in [6.07, 6.45) is 0.507. The van der Waals surface area contributed by atoms with Crippen molar-refractivity contribution in [2.45, 2.75) is 13.3 Å².